The molecule has 11 heteroatoms. The topological polar surface area (TPSA) is 122 Å². The van der Waals surface area contributed by atoms with Crippen LogP contribution in [0.2, 0.25) is 0 Å². The van der Waals surface area contributed by atoms with Gasteiger partial charge in [0.1, 0.15) is 10.7 Å². The Bertz CT molecular complexity index is 956. The smallest absolute Gasteiger partial charge is 0.244 e. The van der Waals surface area contributed by atoms with Crippen LogP contribution in [0.5, 0.6) is 0 Å². The average Bonchev–Trinajstić information content (AvgIpc) is 3.04. The van der Waals surface area contributed by atoms with Gasteiger partial charge in [0.2, 0.25) is 21.8 Å². The Labute approximate surface area is 167 Å². The van der Waals surface area contributed by atoms with E-state index in [2.05, 4.69) is 15.8 Å². The molecule has 1 aromatic carbocycles. The lowest BCUT2D eigenvalue weighted by Gasteiger charge is -2.16. The number of carbonyl (C=O) groups excluding carboxylic acids is 2. The largest absolute Gasteiger partial charge is 0.360 e. The van der Waals surface area contributed by atoms with Crippen molar-refractivity contribution in [3.8, 4) is 0 Å². The SMILES string of the molecule is Cc1cc(NC(=O)C(C)SCC(=O)Nc2ccccc2S(=O)(=O)N(C)C)no1. The number of carbonyl (C=O) groups is 2. The van der Waals surface area contributed by atoms with Crippen molar-refractivity contribution >= 4 is 45.1 Å². The van der Waals surface area contributed by atoms with Gasteiger partial charge in [-0.05, 0) is 26.0 Å². The van der Waals surface area contributed by atoms with Crippen molar-refractivity contribution in [2.45, 2.75) is 24.0 Å². The van der Waals surface area contributed by atoms with Gasteiger partial charge in [0.05, 0.1) is 16.7 Å². The highest BCUT2D eigenvalue weighted by molar-refractivity contribution is 8.01. The summed E-state index contributed by atoms with van der Waals surface area (Å²) in [5.74, 6) is 0.122. The maximum Gasteiger partial charge on any atom is 0.244 e. The van der Waals surface area contributed by atoms with Crippen LogP contribution in [0.25, 0.3) is 0 Å². The van der Waals surface area contributed by atoms with Crippen molar-refractivity contribution in [3.63, 3.8) is 0 Å². The number of thioether (sulfide) groups is 1. The minimum atomic E-state index is -3.70. The van der Waals surface area contributed by atoms with Crippen LogP contribution in [0.4, 0.5) is 11.5 Å². The summed E-state index contributed by atoms with van der Waals surface area (Å²) in [5.41, 5.74) is 0.192. The van der Waals surface area contributed by atoms with E-state index in [-0.39, 0.29) is 22.2 Å². The van der Waals surface area contributed by atoms with E-state index in [1.54, 1.807) is 32.0 Å². The van der Waals surface area contributed by atoms with Crippen molar-refractivity contribution in [1.29, 1.82) is 0 Å². The van der Waals surface area contributed by atoms with Gasteiger partial charge in [-0.25, -0.2) is 12.7 Å². The molecule has 2 rings (SSSR count). The fourth-order valence-corrected chi connectivity index (χ4v) is 3.83. The van der Waals surface area contributed by atoms with Crippen LogP contribution in [0, 0.1) is 6.92 Å². The number of nitrogens with one attached hydrogen (secondary N) is 2. The fourth-order valence-electron chi connectivity index (χ4n) is 2.11. The molecule has 1 atom stereocenters. The third kappa shape index (κ3) is 5.57. The highest BCUT2D eigenvalue weighted by Crippen LogP contribution is 2.23. The van der Waals surface area contributed by atoms with Gasteiger partial charge in [0.15, 0.2) is 5.82 Å². The van der Waals surface area contributed by atoms with E-state index in [1.165, 1.54) is 26.2 Å². The van der Waals surface area contributed by atoms with Crippen molar-refractivity contribution < 1.29 is 22.5 Å². The first-order chi connectivity index (χ1) is 13.1. The highest BCUT2D eigenvalue weighted by atomic mass is 32.2. The van der Waals surface area contributed by atoms with Crippen LogP contribution in [-0.2, 0) is 19.6 Å². The number of hydrogen-bond donors (Lipinski definition) is 2. The molecule has 2 N–H and O–H groups in total. The fraction of sp³-hybridized carbons (Fsp3) is 0.353. The molecule has 0 spiro atoms. The van der Waals surface area contributed by atoms with Crippen LogP contribution in [0.1, 0.15) is 12.7 Å². The molecular formula is C17H22N4O5S2. The molecule has 28 heavy (non-hydrogen) atoms. The van der Waals surface area contributed by atoms with E-state index < -0.39 is 21.2 Å². The van der Waals surface area contributed by atoms with Crippen LogP contribution >= 0.6 is 11.8 Å². The molecule has 152 valence electrons. The molecule has 0 saturated carbocycles. The second kappa shape index (κ2) is 9.22. The molecule has 2 amide bonds. The molecule has 0 aliphatic rings. The van der Waals surface area contributed by atoms with Crippen LogP contribution < -0.4 is 10.6 Å². The van der Waals surface area contributed by atoms with Gasteiger partial charge in [-0.15, -0.1) is 11.8 Å². The first-order valence-corrected chi connectivity index (χ1v) is 10.8. The van der Waals surface area contributed by atoms with Gasteiger partial charge in [0, 0.05) is 20.2 Å². The van der Waals surface area contributed by atoms with Gasteiger partial charge >= 0.3 is 0 Å². The molecule has 1 aromatic heterocycles. The predicted octanol–water partition coefficient (Wildman–Crippen LogP) is 1.93. The van der Waals surface area contributed by atoms with Gasteiger partial charge in [0.25, 0.3) is 0 Å². The summed E-state index contributed by atoms with van der Waals surface area (Å²) in [4.78, 5) is 24.4. The molecule has 9 nitrogen and oxygen atoms in total. The van der Waals surface area contributed by atoms with Crippen LogP contribution in [0.3, 0.4) is 0 Å². The van der Waals surface area contributed by atoms with Gasteiger partial charge in [-0.1, -0.05) is 17.3 Å². The number of sulfonamides is 1. The van der Waals surface area contributed by atoms with E-state index in [0.717, 1.165) is 16.1 Å². The van der Waals surface area contributed by atoms with Crippen molar-refractivity contribution in [3.05, 3.63) is 36.1 Å². The molecule has 0 aliphatic carbocycles. The summed E-state index contributed by atoms with van der Waals surface area (Å²) in [6.07, 6.45) is 0. The number of amides is 2. The van der Waals surface area contributed by atoms with E-state index in [4.69, 9.17) is 4.52 Å². The quantitative estimate of drug-likeness (QED) is 0.661. The molecule has 0 fully saturated rings. The summed E-state index contributed by atoms with van der Waals surface area (Å²) < 4.78 is 30.7. The lowest BCUT2D eigenvalue weighted by Crippen LogP contribution is -2.26. The lowest BCUT2D eigenvalue weighted by molar-refractivity contribution is -0.115. The average molecular weight is 427 g/mol. The molecular weight excluding hydrogens is 404 g/mol. The van der Waals surface area contributed by atoms with Crippen LogP contribution in [0.15, 0.2) is 39.8 Å². The third-order valence-electron chi connectivity index (χ3n) is 3.63. The van der Waals surface area contributed by atoms with E-state index in [9.17, 15) is 18.0 Å². The molecule has 1 heterocycles. The summed E-state index contributed by atoms with van der Waals surface area (Å²) >= 11 is 1.12. The Morgan fingerprint density at radius 1 is 1.25 bits per heavy atom. The standard InChI is InChI=1S/C17H22N4O5S2/c1-11-9-15(20-26-11)19-17(23)12(2)27-10-16(22)18-13-7-5-6-8-14(13)28(24,25)21(3)4/h5-9,12H,10H2,1-4H3,(H,18,22)(H,19,20,23). The Kier molecular flexibility index (Phi) is 7.22. The first-order valence-electron chi connectivity index (χ1n) is 8.28. The van der Waals surface area contributed by atoms with Crippen LogP contribution in [-0.4, -0.2) is 54.8 Å². The number of anilines is 2. The zero-order chi connectivity index (χ0) is 20.9. The van der Waals surface area contributed by atoms with Gasteiger partial charge < -0.3 is 15.2 Å². The Hall–Kier alpha value is -2.37. The summed E-state index contributed by atoms with van der Waals surface area (Å²) in [6.45, 7) is 3.37. The van der Waals surface area contributed by atoms with Crippen molar-refractivity contribution in [1.82, 2.24) is 9.46 Å². The number of rotatable bonds is 8. The monoisotopic (exact) mass is 426 g/mol. The summed E-state index contributed by atoms with van der Waals surface area (Å²) in [7, 11) is -0.864. The van der Waals surface area contributed by atoms with Crippen molar-refractivity contribution in [2.24, 2.45) is 0 Å². The minimum absolute atomic E-state index is 0.00513. The Morgan fingerprint density at radius 2 is 1.93 bits per heavy atom. The normalized spacial score (nSPS) is 12.6. The number of para-hydroxylation sites is 1. The number of benzene rings is 1. The summed E-state index contributed by atoms with van der Waals surface area (Å²) in [5, 5.41) is 8.35. The molecule has 0 radical (unpaired) electrons. The van der Waals surface area contributed by atoms with E-state index in [0.29, 0.717) is 11.6 Å². The van der Waals surface area contributed by atoms with Crippen molar-refractivity contribution in [2.75, 3.05) is 30.5 Å². The van der Waals surface area contributed by atoms with E-state index in [1.807, 2.05) is 0 Å². The maximum atomic E-state index is 12.4. The second-order valence-corrected chi connectivity index (χ2v) is 9.55. The number of hydrogen-bond acceptors (Lipinski definition) is 7. The van der Waals surface area contributed by atoms with Gasteiger partial charge in [-0.2, -0.15) is 0 Å². The zero-order valence-electron chi connectivity index (χ0n) is 15.9. The second-order valence-electron chi connectivity index (χ2n) is 6.10. The third-order valence-corrected chi connectivity index (χ3v) is 6.65. The molecule has 1 unspecified atom stereocenters. The first kappa shape index (κ1) is 21.9. The summed E-state index contributed by atoms with van der Waals surface area (Å²) in [6, 6.07) is 7.74. The zero-order valence-corrected chi connectivity index (χ0v) is 17.6. The predicted molar refractivity (Wildman–Crippen MR) is 108 cm³/mol. The minimum Gasteiger partial charge on any atom is -0.360 e. The maximum absolute atomic E-state index is 12.4. The lowest BCUT2D eigenvalue weighted by atomic mass is 10.3. The van der Waals surface area contributed by atoms with E-state index >= 15 is 0 Å². The molecule has 0 aliphatic heterocycles. The Morgan fingerprint density at radius 3 is 2.54 bits per heavy atom. The number of aryl methyl sites for hydroxylation is 1. The number of nitrogens with zero attached hydrogens (tertiary/aromatic N) is 2. The highest BCUT2D eigenvalue weighted by Gasteiger charge is 2.22. The molecule has 0 bridgehead atoms. The molecule has 0 saturated heterocycles. The van der Waals surface area contributed by atoms with Gasteiger partial charge in [-0.3, -0.25) is 9.59 Å². The molecule has 2 aromatic rings. The Balaban J connectivity index is 1.95. The number of aromatic nitrogens is 1.